The molecule has 0 saturated carbocycles. The summed E-state index contributed by atoms with van der Waals surface area (Å²) in [5.41, 5.74) is 0.714. The summed E-state index contributed by atoms with van der Waals surface area (Å²) in [6.07, 6.45) is 0.219. The zero-order valence-electron chi connectivity index (χ0n) is 17.3. The lowest BCUT2D eigenvalue weighted by Crippen LogP contribution is -2.56. The minimum absolute atomic E-state index is 0.239. The van der Waals surface area contributed by atoms with Crippen LogP contribution in [0.2, 0.25) is 0 Å². The fourth-order valence-corrected chi connectivity index (χ4v) is 2.92. The Hall–Kier alpha value is -1.99. The van der Waals surface area contributed by atoms with Gasteiger partial charge >= 0.3 is 11.8 Å². The van der Waals surface area contributed by atoms with Crippen LogP contribution in [0, 0.1) is 0 Å². The highest BCUT2D eigenvalue weighted by Crippen LogP contribution is 2.44. The molecule has 1 aliphatic rings. The van der Waals surface area contributed by atoms with Crippen molar-refractivity contribution in [1.29, 1.82) is 0 Å². The van der Waals surface area contributed by atoms with Crippen LogP contribution in [0.1, 0.15) is 41.5 Å². The van der Waals surface area contributed by atoms with Crippen LogP contribution in [0.3, 0.4) is 0 Å². The Kier molecular flexibility index (Phi) is 9.38. The predicted molar refractivity (Wildman–Crippen MR) is 101 cm³/mol. The second-order valence-electron chi connectivity index (χ2n) is 5.51. The van der Waals surface area contributed by atoms with Crippen LogP contribution in [-0.2, 0) is 33.2 Å². The smallest absolute Gasteiger partial charge is 0.333 e. The van der Waals surface area contributed by atoms with E-state index in [0.717, 1.165) is 6.08 Å². The number of hydrogen-bond acceptors (Lipinski definition) is 7. The highest BCUT2D eigenvalue weighted by atomic mass is 16.8. The quantitative estimate of drug-likeness (QED) is 0.290. The Labute approximate surface area is 161 Å². The van der Waals surface area contributed by atoms with E-state index < -0.39 is 17.9 Å². The summed E-state index contributed by atoms with van der Waals surface area (Å²) in [6, 6.07) is 0. The van der Waals surface area contributed by atoms with Crippen LogP contribution in [-0.4, -0.2) is 50.9 Å². The standard InChI is InChI=1S/C20H32O7/c1-8-15(21)27-20(26-13-6)18(24-11-4)16(22-9-2)14(7)17(23-10-3)19(20)25-12-5/h8,18H,1,9-13H2,2-7H3. The minimum atomic E-state index is -1.68. The number of carbonyl (C=O) groups is 1. The molecule has 0 amide bonds. The highest BCUT2D eigenvalue weighted by molar-refractivity contribution is 5.82. The molecular weight excluding hydrogens is 352 g/mol. The lowest BCUT2D eigenvalue weighted by Gasteiger charge is -2.43. The summed E-state index contributed by atoms with van der Waals surface area (Å²) in [5.74, 6) is -1.19. The lowest BCUT2D eigenvalue weighted by atomic mass is 9.92. The molecule has 1 aliphatic carbocycles. The van der Waals surface area contributed by atoms with Gasteiger partial charge in [0.1, 0.15) is 5.76 Å². The van der Waals surface area contributed by atoms with Crippen LogP contribution in [0.25, 0.3) is 0 Å². The van der Waals surface area contributed by atoms with Gasteiger partial charge in [0.25, 0.3) is 0 Å². The number of esters is 1. The number of hydrogen-bond donors (Lipinski definition) is 0. The van der Waals surface area contributed by atoms with Gasteiger partial charge in [0, 0.05) is 24.9 Å². The first-order valence-electron chi connectivity index (χ1n) is 9.42. The van der Waals surface area contributed by atoms with Crippen molar-refractivity contribution in [2.45, 2.75) is 53.4 Å². The largest absolute Gasteiger partial charge is 0.495 e. The second kappa shape index (κ2) is 11.0. The third-order valence-corrected chi connectivity index (χ3v) is 3.80. The van der Waals surface area contributed by atoms with Crippen molar-refractivity contribution in [1.82, 2.24) is 0 Å². The van der Waals surface area contributed by atoms with Gasteiger partial charge in [-0.25, -0.2) is 4.79 Å². The molecular formula is C20H32O7. The van der Waals surface area contributed by atoms with Gasteiger partial charge in [-0.3, -0.25) is 0 Å². The van der Waals surface area contributed by atoms with E-state index in [1.165, 1.54) is 0 Å². The Morgan fingerprint density at radius 2 is 1.63 bits per heavy atom. The Bertz CT molecular complexity index is 579. The Morgan fingerprint density at radius 1 is 1.00 bits per heavy atom. The summed E-state index contributed by atoms with van der Waals surface area (Å²) >= 11 is 0. The van der Waals surface area contributed by atoms with Gasteiger partial charge in [-0.15, -0.1) is 0 Å². The Balaban J connectivity index is 3.79. The third kappa shape index (κ3) is 4.84. The van der Waals surface area contributed by atoms with Crippen molar-refractivity contribution in [2.75, 3.05) is 33.0 Å². The van der Waals surface area contributed by atoms with Crippen LogP contribution in [0.4, 0.5) is 0 Å². The highest BCUT2D eigenvalue weighted by Gasteiger charge is 2.57. The molecule has 0 bridgehead atoms. The number of rotatable bonds is 12. The predicted octanol–water partition coefficient (Wildman–Crippen LogP) is 3.46. The van der Waals surface area contributed by atoms with Crippen molar-refractivity contribution in [2.24, 2.45) is 0 Å². The summed E-state index contributed by atoms with van der Waals surface area (Å²) in [5, 5.41) is 0. The molecule has 27 heavy (non-hydrogen) atoms. The maximum atomic E-state index is 12.2. The molecule has 0 spiro atoms. The van der Waals surface area contributed by atoms with Crippen LogP contribution < -0.4 is 0 Å². The fourth-order valence-electron chi connectivity index (χ4n) is 2.92. The van der Waals surface area contributed by atoms with Crippen LogP contribution in [0.15, 0.2) is 35.5 Å². The molecule has 0 radical (unpaired) electrons. The van der Waals surface area contributed by atoms with E-state index >= 15 is 0 Å². The number of carbonyl (C=O) groups excluding carboxylic acids is 1. The molecule has 0 aromatic carbocycles. The molecule has 2 atom stereocenters. The van der Waals surface area contributed by atoms with Crippen LogP contribution in [0.5, 0.6) is 0 Å². The molecule has 2 unspecified atom stereocenters. The van der Waals surface area contributed by atoms with Gasteiger partial charge in [0.15, 0.2) is 11.9 Å². The van der Waals surface area contributed by atoms with E-state index in [2.05, 4.69) is 6.58 Å². The molecule has 0 heterocycles. The van der Waals surface area contributed by atoms with E-state index in [1.54, 1.807) is 6.92 Å². The molecule has 0 aromatic heterocycles. The average molecular weight is 384 g/mol. The molecule has 7 heteroatoms. The van der Waals surface area contributed by atoms with E-state index in [1.807, 2.05) is 34.6 Å². The van der Waals surface area contributed by atoms with Gasteiger partial charge < -0.3 is 28.4 Å². The second-order valence-corrected chi connectivity index (χ2v) is 5.51. The van der Waals surface area contributed by atoms with Crippen molar-refractivity contribution in [3.8, 4) is 0 Å². The zero-order chi connectivity index (χ0) is 20.4. The monoisotopic (exact) mass is 384 g/mol. The molecule has 0 N–H and O–H groups in total. The molecule has 0 saturated heterocycles. The first-order valence-corrected chi connectivity index (χ1v) is 9.42. The maximum absolute atomic E-state index is 12.2. The molecule has 0 aromatic rings. The van der Waals surface area contributed by atoms with Gasteiger partial charge in [-0.05, 0) is 41.5 Å². The van der Waals surface area contributed by atoms with Gasteiger partial charge in [0.05, 0.1) is 19.8 Å². The van der Waals surface area contributed by atoms with Crippen molar-refractivity contribution in [3.05, 3.63) is 35.5 Å². The number of allylic oxidation sites excluding steroid dienone is 1. The third-order valence-electron chi connectivity index (χ3n) is 3.80. The Morgan fingerprint density at radius 3 is 2.11 bits per heavy atom. The van der Waals surface area contributed by atoms with E-state index in [-0.39, 0.29) is 12.4 Å². The first kappa shape index (κ1) is 23.0. The van der Waals surface area contributed by atoms with Gasteiger partial charge in [-0.2, -0.15) is 0 Å². The SMILES string of the molecule is C=CC(=O)OC1(OCC)C(OCC)=C(OCC)C(C)=C(OCC)C1OCC. The molecule has 1 rings (SSSR count). The summed E-state index contributed by atoms with van der Waals surface area (Å²) < 4.78 is 35.2. The normalized spacial score (nSPS) is 22.5. The van der Waals surface area contributed by atoms with Crippen molar-refractivity contribution >= 4 is 5.97 Å². The maximum Gasteiger partial charge on any atom is 0.333 e. The zero-order valence-corrected chi connectivity index (χ0v) is 17.3. The van der Waals surface area contributed by atoms with Crippen molar-refractivity contribution < 1.29 is 33.2 Å². The summed E-state index contributed by atoms with van der Waals surface area (Å²) in [4.78, 5) is 12.2. The lowest BCUT2D eigenvalue weighted by molar-refractivity contribution is -0.271. The average Bonchev–Trinajstić information content (AvgIpc) is 2.65. The van der Waals surface area contributed by atoms with E-state index in [0.29, 0.717) is 43.5 Å². The van der Waals surface area contributed by atoms with E-state index in [9.17, 15) is 4.79 Å². The number of ether oxygens (including phenoxy) is 6. The van der Waals surface area contributed by atoms with Crippen LogP contribution >= 0.6 is 0 Å². The van der Waals surface area contributed by atoms with Crippen molar-refractivity contribution in [3.63, 3.8) is 0 Å². The van der Waals surface area contributed by atoms with Gasteiger partial charge in [0.2, 0.25) is 5.76 Å². The summed E-state index contributed by atoms with van der Waals surface area (Å²) in [7, 11) is 0. The topological polar surface area (TPSA) is 72.5 Å². The summed E-state index contributed by atoms with van der Waals surface area (Å²) in [6.45, 7) is 16.2. The first-order chi connectivity index (χ1) is 13.0. The molecule has 0 fully saturated rings. The molecule has 154 valence electrons. The minimum Gasteiger partial charge on any atom is -0.495 e. The van der Waals surface area contributed by atoms with Gasteiger partial charge in [-0.1, -0.05) is 6.58 Å². The van der Waals surface area contributed by atoms with E-state index in [4.69, 9.17) is 28.4 Å². The molecule has 0 aliphatic heterocycles. The molecule has 7 nitrogen and oxygen atoms in total. The fraction of sp³-hybridized carbons (Fsp3) is 0.650.